The van der Waals surface area contributed by atoms with Crippen LogP contribution in [0.5, 0.6) is 11.5 Å². The molecule has 7 aliphatic rings. The van der Waals surface area contributed by atoms with E-state index in [4.69, 9.17) is 19.0 Å². The molecule has 0 radical (unpaired) electrons. The van der Waals surface area contributed by atoms with E-state index in [-0.39, 0.29) is 137 Å². The van der Waals surface area contributed by atoms with E-state index < -0.39 is 52.2 Å². The van der Waals surface area contributed by atoms with Crippen molar-refractivity contribution >= 4 is 75.2 Å². The van der Waals surface area contributed by atoms with Crippen molar-refractivity contribution in [2.24, 2.45) is 33.4 Å². The molecule has 1 aromatic heterocycles. The number of fused-ring (bicyclic) bond motifs is 5. The Morgan fingerprint density at radius 2 is 0.990 bits per heavy atom. The molecule has 4 atom stereocenters. The van der Waals surface area contributed by atoms with E-state index in [9.17, 15) is 66.8 Å². The van der Waals surface area contributed by atoms with Crippen molar-refractivity contribution in [1.29, 1.82) is 0 Å². The number of aryl methyl sites for hydroxylation is 1. The quantitative estimate of drug-likeness (QED) is 0.0154. The summed E-state index contributed by atoms with van der Waals surface area (Å²) in [6.45, 7) is 8.26. The molecular weight excluding hydrogens is 1330 g/mol. The summed E-state index contributed by atoms with van der Waals surface area (Å²) in [7, 11) is 0. The number of aromatic nitrogens is 4. The van der Waals surface area contributed by atoms with Crippen LogP contribution in [0.1, 0.15) is 93.2 Å². The molecule has 12 rings (SSSR count). The molecule has 4 unspecified atom stereocenters. The monoisotopic (exact) mass is 1400 g/mol. The van der Waals surface area contributed by atoms with Crippen LogP contribution in [0.4, 0.5) is 17.6 Å². The Morgan fingerprint density at radius 1 is 0.539 bits per heavy atom. The Kier molecular flexibility index (Phi) is 23.4. The number of halogens is 4. The Labute approximate surface area is 579 Å². The second kappa shape index (κ2) is 32.4. The average molecular weight is 1400 g/mol. The number of carbonyl (C=O) groups is 4. The highest BCUT2D eigenvalue weighted by Gasteiger charge is 2.65. The van der Waals surface area contributed by atoms with Crippen molar-refractivity contribution in [3.63, 3.8) is 0 Å². The molecule has 1 fully saturated rings. The molecule has 530 valence electrons. The number of carbonyl (C=O) groups excluding carboxylic acids is 4. The molecular formula is C74H72F4N10O14. The number of aliphatic hydroxyl groups is 4. The molecule has 0 saturated heterocycles. The smallest absolute Gasteiger partial charge is 0.220 e. The molecule has 4 amide bonds. The van der Waals surface area contributed by atoms with Gasteiger partial charge in [-0.05, 0) is 121 Å². The summed E-state index contributed by atoms with van der Waals surface area (Å²) in [5.74, 6) is -4.44. The number of phenols is 2. The first-order valence-electron chi connectivity index (χ1n) is 32.6. The summed E-state index contributed by atoms with van der Waals surface area (Å²) < 4.78 is 69.5. The van der Waals surface area contributed by atoms with Crippen LogP contribution in [0.25, 0.3) is 85.1 Å². The second-order valence-corrected chi connectivity index (χ2v) is 24.8. The lowest BCUT2D eigenvalue weighted by molar-refractivity contribution is -0.124. The maximum atomic E-state index is 14.7. The number of nitrogens with one attached hydrogen (secondary N) is 4. The van der Waals surface area contributed by atoms with Gasteiger partial charge in [0.05, 0.1) is 32.1 Å². The normalized spacial score (nSPS) is 16.5. The van der Waals surface area contributed by atoms with Gasteiger partial charge in [-0.1, -0.05) is 55.0 Å². The summed E-state index contributed by atoms with van der Waals surface area (Å²) >= 11 is 0. The highest BCUT2D eigenvalue weighted by Crippen LogP contribution is 2.61. The van der Waals surface area contributed by atoms with Gasteiger partial charge in [0.2, 0.25) is 34.5 Å². The van der Waals surface area contributed by atoms with E-state index in [1.54, 1.807) is 55.5 Å². The molecule has 102 heavy (non-hydrogen) atoms. The Bertz CT molecular complexity index is 4920. The molecule has 28 heteroatoms. The predicted octanol–water partition coefficient (Wildman–Crippen LogP) is 8.59. The molecule has 1 saturated carbocycles. The van der Waals surface area contributed by atoms with Crippen LogP contribution in [0.15, 0.2) is 131 Å². The molecule has 3 aliphatic heterocycles. The molecule has 4 aromatic carbocycles. The fraction of sp³-hybridized carbons (Fsp3) is 0.297. The van der Waals surface area contributed by atoms with Gasteiger partial charge in [-0.3, -0.25) is 28.8 Å². The van der Waals surface area contributed by atoms with Crippen LogP contribution in [0.3, 0.4) is 0 Å². The molecule has 10 N–H and O–H groups in total. The number of nitrogens with zero attached hydrogens (tertiary/aromatic N) is 6. The summed E-state index contributed by atoms with van der Waals surface area (Å²) in [4.78, 5) is 70.9. The van der Waals surface area contributed by atoms with Crippen LogP contribution >= 0.6 is 0 Å². The van der Waals surface area contributed by atoms with Crippen molar-refractivity contribution in [2.45, 2.75) is 79.4 Å². The van der Waals surface area contributed by atoms with Crippen LogP contribution < -0.4 is 32.1 Å². The van der Waals surface area contributed by atoms with Crippen LogP contribution in [0, 0.1) is 53.4 Å². The molecule has 24 nitrogen and oxygen atoms in total. The number of amides is 4. The van der Waals surface area contributed by atoms with Crippen molar-refractivity contribution in [3.05, 3.63) is 180 Å². The molecule has 4 aliphatic carbocycles. The third-order valence-electron chi connectivity index (χ3n) is 17.9. The van der Waals surface area contributed by atoms with E-state index in [0.717, 1.165) is 54.2 Å². The first-order chi connectivity index (χ1) is 48.9. The minimum atomic E-state index is -1.03. The van der Waals surface area contributed by atoms with Crippen LogP contribution in [-0.4, -0.2) is 125 Å². The van der Waals surface area contributed by atoms with E-state index >= 15 is 0 Å². The Balaban J connectivity index is 0.000000186. The van der Waals surface area contributed by atoms with Crippen LogP contribution in [0.2, 0.25) is 0 Å². The number of aliphatic hydroxyl groups excluding tert-OH is 4. The summed E-state index contributed by atoms with van der Waals surface area (Å²) in [6, 6.07) is 18.6. The lowest BCUT2D eigenvalue weighted by Crippen LogP contribution is -2.29. The third-order valence-corrected chi connectivity index (χ3v) is 17.9. The van der Waals surface area contributed by atoms with Gasteiger partial charge in [-0.25, -0.2) is 17.6 Å². The topological polar surface area (TPSA) is 374 Å². The summed E-state index contributed by atoms with van der Waals surface area (Å²) in [6.07, 6.45) is 11.1. The lowest BCUT2D eigenvalue weighted by atomic mass is 9.89. The Morgan fingerprint density at radius 3 is 1.44 bits per heavy atom. The summed E-state index contributed by atoms with van der Waals surface area (Å²) in [5.41, 5.74) is 5.08. The number of aromatic hydroxyl groups is 2. The molecule has 0 bridgehead atoms. The highest BCUT2D eigenvalue weighted by molar-refractivity contribution is 6.11. The minimum absolute atomic E-state index is 0.00643. The SMILES string of the molecule is CC1=CC1CNC(=O)CCCC(=O)NCCO.CC1=NN=C(/C=C/c2ccc(CO)c(-c3c4cc(F)c(=O)cc-4oc4cc(O)c(F)cc34)c2)C2C(CNC(=O)CCCC(=O)NCCO)C12C.Cc1nnc(/C=C/c2ccc(CO)c(-c3c4cc(F)c(=O)cc-4oc4cc(O)c(F)cc34)c2)nn1. The fourth-order valence-electron chi connectivity index (χ4n) is 12.1. The zero-order valence-corrected chi connectivity index (χ0v) is 55.7. The average Bonchev–Trinajstić information content (AvgIpc) is 1.51. The zero-order chi connectivity index (χ0) is 73.1. The van der Waals surface area contributed by atoms with Gasteiger partial charge in [0.25, 0.3) is 0 Å². The Hall–Kier alpha value is -11.2. The number of phenolic OH excluding ortho intramolecular Hbond substituents is 2. The molecule has 4 heterocycles. The van der Waals surface area contributed by atoms with Crippen molar-refractivity contribution in [1.82, 2.24) is 41.7 Å². The summed E-state index contributed by atoms with van der Waals surface area (Å²) in [5, 5.41) is 93.3. The van der Waals surface area contributed by atoms with Gasteiger partial charge in [-0.2, -0.15) is 10.2 Å². The largest absolute Gasteiger partial charge is 0.505 e. The van der Waals surface area contributed by atoms with E-state index in [1.807, 2.05) is 26.0 Å². The van der Waals surface area contributed by atoms with E-state index in [1.165, 1.54) is 5.57 Å². The van der Waals surface area contributed by atoms with Gasteiger partial charge < -0.3 is 60.7 Å². The number of benzene rings is 6. The second-order valence-electron chi connectivity index (χ2n) is 24.8. The van der Waals surface area contributed by atoms with E-state index in [2.05, 4.69) is 64.9 Å². The minimum Gasteiger partial charge on any atom is -0.505 e. The molecule has 0 spiro atoms. The first kappa shape index (κ1) is 73.5. The van der Waals surface area contributed by atoms with Crippen molar-refractivity contribution in [3.8, 4) is 56.4 Å². The van der Waals surface area contributed by atoms with Crippen molar-refractivity contribution in [2.75, 3.05) is 39.4 Å². The maximum Gasteiger partial charge on any atom is 0.220 e. The van der Waals surface area contributed by atoms with Gasteiger partial charge >= 0.3 is 0 Å². The number of hydrogen-bond acceptors (Lipinski definition) is 20. The lowest BCUT2D eigenvalue weighted by Gasteiger charge is -2.18. The van der Waals surface area contributed by atoms with Gasteiger partial charge in [0, 0.05) is 132 Å². The van der Waals surface area contributed by atoms with Crippen molar-refractivity contribution < 1.29 is 76.2 Å². The number of allylic oxidation sites excluding steroid dienone is 1. The standard InChI is InChI=1S/C37H36F2N4O7.C25H16F2N4O4.C12H20N2O3/c1-19-37(2)25(17-41-34(49)5-3-4-33(48)40-10-11-44)36(37)28(43-42-19)9-7-20-6-8-21(18-45)22(12-20)35-23-13-26(38)29(46)15-31(23)50-32-16-30(47)27(39)14-24(32)35;1-12-28-30-24(31-29-12)5-3-13-2-4-14(11-32)15(6-13)25-16-7-18(26)20(33)9-22(16)35-23-10-21(34)19(27)8-17(23)25;1-9-7-10(9)8-14-12(17)4-2-3-11(16)13-5-6-15/h6-9,12-16,25,36,44-46H,3-5,10-11,17-18H2,1-2H3,(H,40,48)(H,41,49);2-10,32-33H,11H2,1H3;7,10,15H,2-6,8H2,1H3,(H,13,16)(H,14,17)/b9-7+;5-3+;. The first-order valence-corrected chi connectivity index (χ1v) is 32.6. The maximum absolute atomic E-state index is 14.7. The van der Waals surface area contributed by atoms with Gasteiger partial charge in [0.1, 0.15) is 22.7 Å². The number of hydrogen-bond donors (Lipinski definition) is 10. The predicted molar refractivity (Wildman–Crippen MR) is 371 cm³/mol. The molecule has 5 aromatic rings. The fourth-order valence-corrected chi connectivity index (χ4v) is 12.1. The van der Waals surface area contributed by atoms with E-state index in [0.29, 0.717) is 101 Å². The highest BCUT2D eigenvalue weighted by atomic mass is 19.1. The third kappa shape index (κ3) is 17.1. The van der Waals surface area contributed by atoms with Gasteiger partial charge in [-0.15, -0.1) is 20.4 Å². The number of rotatable bonds is 24. The van der Waals surface area contributed by atoms with Gasteiger partial charge in [0.15, 0.2) is 46.4 Å². The zero-order valence-electron chi connectivity index (χ0n) is 55.7. The van der Waals surface area contributed by atoms with Crippen LogP contribution in [-0.2, 0) is 32.4 Å².